The average molecular weight is 283 g/mol. The predicted octanol–water partition coefficient (Wildman–Crippen LogP) is 2.76. The zero-order valence-electron chi connectivity index (χ0n) is 11.8. The molecule has 2 unspecified atom stereocenters. The van der Waals surface area contributed by atoms with Gasteiger partial charge >= 0.3 is 0 Å². The minimum atomic E-state index is -0.0848. The monoisotopic (exact) mass is 282 g/mol. The van der Waals surface area contributed by atoms with E-state index < -0.39 is 0 Å². The van der Waals surface area contributed by atoms with Crippen LogP contribution >= 0.6 is 11.6 Å². The first-order valence-electron chi connectivity index (χ1n) is 6.68. The maximum Gasteiger partial charge on any atom is 0.221 e. The van der Waals surface area contributed by atoms with Gasteiger partial charge in [0.2, 0.25) is 5.91 Å². The second kappa shape index (κ2) is 7.51. The number of carbonyl (C=O) groups is 1. The van der Waals surface area contributed by atoms with Crippen molar-refractivity contribution in [1.82, 2.24) is 5.32 Å². The molecule has 4 heteroatoms. The molecule has 0 aliphatic rings. The topological polar surface area (TPSA) is 55.1 Å². The molecule has 0 radical (unpaired) electrons. The quantitative estimate of drug-likeness (QED) is 0.843. The number of nitrogens with two attached hydrogens (primary N) is 1. The summed E-state index contributed by atoms with van der Waals surface area (Å²) >= 11 is 5.93. The minimum Gasteiger partial charge on any atom is -0.353 e. The number of benzene rings is 1. The summed E-state index contributed by atoms with van der Waals surface area (Å²) in [5.41, 5.74) is 7.01. The van der Waals surface area contributed by atoms with Crippen LogP contribution in [-0.2, 0) is 11.2 Å². The molecule has 0 saturated carbocycles. The van der Waals surface area contributed by atoms with E-state index in [1.165, 1.54) is 0 Å². The van der Waals surface area contributed by atoms with Gasteiger partial charge in [-0.25, -0.2) is 0 Å². The van der Waals surface area contributed by atoms with Crippen LogP contribution < -0.4 is 11.1 Å². The highest BCUT2D eigenvalue weighted by molar-refractivity contribution is 6.30. The lowest BCUT2D eigenvalue weighted by molar-refractivity contribution is -0.122. The van der Waals surface area contributed by atoms with Crippen LogP contribution in [0.15, 0.2) is 24.3 Å². The molecule has 0 heterocycles. The fourth-order valence-electron chi connectivity index (χ4n) is 1.85. The number of rotatable bonds is 6. The van der Waals surface area contributed by atoms with E-state index in [9.17, 15) is 4.79 Å². The number of carbonyl (C=O) groups excluding carboxylic acids is 1. The van der Waals surface area contributed by atoms with Crippen molar-refractivity contribution in [2.75, 3.05) is 0 Å². The molecule has 1 aromatic carbocycles. The van der Waals surface area contributed by atoms with E-state index >= 15 is 0 Å². The molecule has 0 aromatic heterocycles. The van der Waals surface area contributed by atoms with Gasteiger partial charge < -0.3 is 11.1 Å². The molecule has 0 fully saturated rings. The van der Waals surface area contributed by atoms with E-state index in [0.717, 1.165) is 17.0 Å². The molecule has 106 valence electrons. The molecular weight excluding hydrogens is 260 g/mol. The Balaban J connectivity index is 2.42. The van der Waals surface area contributed by atoms with Crippen LogP contribution in [0.4, 0.5) is 0 Å². The Bertz CT molecular complexity index is 420. The Morgan fingerprint density at radius 1 is 1.37 bits per heavy atom. The van der Waals surface area contributed by atoms with E-state index in [1.807, 2.05) is 45.0 Å². The third kappa shape index (κ3) is 6.08. The van der Waals surface area contributed by atoms with Crippen molar-refractivity contribution >= 4 is 17.5 Å². The largest absolute Gasteiger partial charge is 0.353 e. The minimum absolute atomic E-state index is 0.00993. The summed E-state index contributed by atoms with van der Waals surface area (Å²) in [5, 5.41) is 3.69. The molecule has 1 aromatic rings. The first-order chi connectivity index (χ1) is 8.88. The van der Waals surface area contributed by atoms with Crippen LogP contribution in [0, 0.1) is 5.92 Å². The van der Waals surface area contributed by atoms with E-state index in [-0.39, 0.29) is 18.0 Å². The van der Waals surface area contributed by atoms with Crippen LogP contribution in [-0.4, -0.2) is 18.0 Å². The third-order valence-corrected chi connectivity index (χ3v) is 3.35. The Kier molecular flexibility index (Phi) is 6.32. The smallest absolute Gasteiger partial charge is 0.221 e. The summed E-state index contributed by atoms with van der Waals surface area (Å²) in [4.78, 5) is 11.8. The second-order valence-corrected chi connectivity index (χ2v) is 5.85. The maximum atomic E-state index is 11.8. The molecule has 1 amide bonds. The van der Waals surface area contributed by atoms with Crippen molar-refractivity contribution in [3.8, 4) is 0 Å². The SMILES string of the molecule is CC(Cc1cccc(Cl)c1)NC(=O)CC(N)C(C)C. The first kappa shape index (κ1) is 16.0. The van der Waals surface area contributed by atoms with Gasteiger partial charge in [0.1, 0.15) is 0 Å². The van der Waals surface area contributed by atoms with Crippen molar-refractivity contribution in [1.29, 1.82) is 0 Å². The molecule has 0 saturated heterocycles. The summed E-state index contributed by atoms with van der Waals surface area (Å²) in [7, 11) is 0. The number of hydrogen-bond acceptors (Lipinski definition) is 2. The van der Waals surface area contributed by atoms with Crippen LogP contribution in [0.1, 0.15) is 32.8 Å². The molecular formula is C15H23ClN2O. The molecule has 1 rings (SSSR count). The van der Waals surface area contributed by atoms with Crippen molar-refractivity contribution in [2.24, 2.45) is 11.7 Å². The lowest BCUT2D eigenvalue weighted by Gasteiger charge is -2.18. The Morgan fingerprint density at radius 3 is 2.63 bits per heavy atom. The molecule has 0 bridgehead atoms. The lowest BCUT2D eigenvalue weighted by Crippen LogP contribution is -2.39. The van der Waals surface area contributed by atoms with Crippen molar-refractivity contribution in [2.45, 2.75) is 45.7 Å². The normalized spacial score (nSPS) is 14.2. The molecule has 2 atom stereocenters. The van der Waals surface area contributed by atoms with Gasteiger partial charge in [-0.1, -0.05) is 37.6 Å². The standard InChI is InChI=1S/C15H23ClN2O/c1-10(2)14(17)9-15(19)18-11(3)7-12-5-4-6-13(16)8-12/h4-6,8,10-11,14H,7,9,17H2,1-3H3,(H,18,19). The Morgan fingerprint density at radius 2 is 2.05 bits per heavy atom. The number of amides is 1. The molecule has 0 spiro atoms. The summed E-state index contributed by atoms with van der Waals surface area (Å²) in [6, 6.07) is 7.68. The Hall–Kier alpha value is -1.06. The zero-order valence-corrected chi connectivity index (χ0v) is 12.6. The zero-order chi connectivity index (χ0) is 14.4. The van der Waals surface area contributed by atoms with Gasteiger partial charge in [0.05, 0.1) is 0 Å². The molecule has 0 aliphatic carbocycles. The van der Waals surface area contributed by atoms with Gasteiger partial charge in [-0.3, -0.25) is 4.79 Å². The fourth-order valence-corrected chi connectivity index (χ4v) is 2.06. The number of halogens is 1. The molecule has 19 heavy (non-hydrogen) atoms. The highest BCUT2D eigenvalue weighted by Crippen LogP contribution is 2.12. The average Bonchev–Trinajstić information content (AvgIpc) is 2.27. The van der Waals surface area contributed by atoms with Gasteiger partial charge in [0.25, 0.3) is 0 Å². The summed E-state index contributed by atoms with van der Waals surface area (Å²) in [6.07, 6.45) is 1.14. The highest BCUT2D eigenvalue weighted by atomic mass is 35.5. The lowest BCUT2D eigenvalue weighted by atomic mass is 10.0. The van der Waals surface area contributed by atoms with Crippen molar-refractivity contribution in [3.63, 3.8) is 0 Å². The summed E-state index contributed by atoms with van der Waals surface area (Å²) in [5.74, 6) is 0.324. The van der Waals surface area contributed by atoms with Crippen LogP contribution in [0.2, 0.25) is 5.02 Å². The van der Waals surface area contributed by atoms with E-state index in [1.54, 1.807) is 0 Å². The van der Waals surface area contributed by atoms with Crippen LogP contribution in [0.3, 0.4) is 0 Å². The van der Waals surface area contributed by atoms with Gasteiger partial charge in [-0.15, -0.1) is 0 Å². The van der Waals surface area contributed by atoms with Crippen LogP contribution in [0.25, 0.3) is 0 Å². The fraction of sp³-hybridized carbons (Fsp3) is 0.533. The second-order valence-electron chi connectivity index (χ2n) is 5.41. The molecule has 3 nitrogen and oxygen atoms in total. The summed E-state index contributed by atoms with van der Waals surface area (Å²) < 4.78 is 0. The molecule has 3 N–H and O–H groups in total. The van der Waals surface area contributed by atoms with Gasteiger partial charge in [0.15, 0.2) is 0 Å². The van der Waals surface area contributed by atoms with Crippen molar-refractivity contribution < 1.29 is 4.79 Å². The third-order valence-electron chi connectivity index (χ3n) is 3.12. The van der Waals surface area contributed by atoms with Gasteiger partial charge in [-0.2, -0.15) is 0 Å². The van der Waals surface area contributed by atoms with Crippen molar-refractivity contribution in [3.05, 3.63) is 34.9 Å². The number of nitrogens with one attached hydrogen (secondary N) is 1. The Labute approximate surface area is 120 Å². The first-order valence-corrected chi connectivity index (χ1v) is 7.05. The van der Waals surface area contributed by atoms with E-state index in [0.29, 0.717) is 12.3 Å². The van der Waals surface area contributed by atoms with Gasteiger partial charge in [0, 0.05) is 23.5 Å². The summed E-state index contributed by atoms with van der Waals surface area (Å²) in [6.45, 7) is 6.03. The van der Waals surface area contributed by atoms with Gasteiger partial charge in [-0.05, 0) is 37.0 Å². The number of hydrogen-bond donors (Lipinski definition) is 2. The predicted molar refractivity (Wildman–Crippen MR) is 80.2 cm³/mol. The molecule has 0 aliphatic heterocycles. The maximum absolute atomic E-state index is 11.8. The van der Waals surface area contributed by atoms with E-state index in [2.05, 4.69) is 5.32 Å². The van der Waals surface area contributed by atoms with E-state index in [4.69, 9.17) is 17.3 Å². The highest BCUT2D eigenvalue weighted by Gasteiger charge is 2.14. The van der Waals surface area contributed by atoms with Crippen LogP contribution in [0.5, 0.6) is 0 Å².